The zero-order chi connectivity index (χ0) is 22.3. The minimum Gasteiger partial charge on any atom is -0.496 e. The van der Waals surface area contributed by atoms with Crippen molar-refractivity contribution in [2.45, 2.75) is 25.6 Å². The Morgan fingerprint density at radius 2 is 2.00 bits per heavy atom. The number of aromatic nitrogens is 2. The predicted octanol–water partition coefficient (Wildman–Crippen LogP) is 3.82. The highest BCUT2D eigenvalue weighted by atomic mass is 16.5. The van der Waals surface area contributed by atoms with E-state index in [-0.39, 0.29) is 12.7 Å². The highest BCUT2D eigenvalue weighted by Gasteiger charge is 2.17. The van der Waals surface area contributed by atoms with Gasteiger partial charge in [0.25, 0.3) is 0 Å². The summed E-state index contributed by atoms with van der Waals surface area (Å²) < 4.78 is 16.7. The van der Waals surface area contributed by atoms with Crippen LogP contribution in [0.2, 0.25) is 0 Å². The third-order valence-electron chi connectivity index (χ3n) is 5.23. The topological polar surface area (TPSA) is 110 Å². The minimum absolute atomic E-state index is 0.0609. The highest BCUT2D eigenvalue weighted by molar-refractivity contribution is 5.66. The molecule has 0 amide bonds. The monoisotopic (exact) mass is 432 g/mol. The van der Waals surface area contributed by atoms with Gasteiger partial charge in [-0.25, -0.2) is 9.97 Å². The van der Waals surface area contributed by atoms with Crippen molar-refractivity contribution in [1.82, 2.24) is 9.97 Å². The Morgan fingerprint density at radius 3 is 2.75 bits per heavy atom. The SMILES string of the molecule is COc1cc(Nc2nccc(-c3ccc(OC4CCOCC4)c(C#N)c3)n2)ccc1CO. The number of nitriles is 1. The molecule has 164 valence electrons. The molecule has 1 fully saturated rings. The van der Waals surface area contributed by atoms with E-state index < -0.39 is 0 Å². The van der Waals surface area contributed by atoms with Crippen molar-refractivity contribution < 1.29 is 19.3 Å². The standard InChI is InChI=1S/C24H24N4O4/c1-30-23-13-19(4-2-17(23)15-29)27-24-26-9-6-21(28-24)16-3-5-22(18(12-16)14-25)32-20-7-10-31-11-8-20/h2-6,9,12-13,20,29H,7-8,10-11,15H2,1H3,(H,26,27,28). The molecule has 4 rings (SSSR count). The molecular weight excluding hydrogens is 408 g/mol. The van der Waals surface area contributed by atoms with Crippen molar-refractivity contribution in [3.63, 3.8) is 0 Å². The second kappa shape index (κ2) is 10.1. The van der Waals surface area contributed by atoms with Crippen LogP contribution in [0.15, 0.2) is 48.7 Å². The van der Waals surface area contributed by atoms with E-state index >= 15 is 0 Å². The first-order chi connectivity index (χ1) is 15.7. The molecule has 2 aromatic carbocycles. The first kappa shape index (κ1) is 21.6. The molecule has 0 unspecified atom stereocenters. The fourth-order valence-electron chi connectivity index (χ4n) is 3.51. The van der Waals surface area contributed by atoms with Crippen molar-refractivity contribution in [3.05, 3.63) is 59.8 Å². The second-order valence-corrected chi connectivity index (χ2v) is 7.33. The summed E-state index contributed by atoms with van der Waals surface area (Å²) in [6.45, 7) is 1.25. The van der Waals surface area contributed by atoms with E-state index in [2.05, 4.69) is 21.4 Å². The Hall–Kier alpha value is -3.67. The van der Waals surface area contributed by atoms with Gasteiger partial charge < -0.3 is 24.6 Å². The van der Waals surface area contributed by atoms with Gasteiger partial charge in [0, 0.05) is 41.9 Å². The third kappa shape index (κ3) is 4.97. The maximum Gasteiger partial charge on any atom is 0.227 e. The normalized spacial score (nSPS) is 13.9. The fraction of sp³-hybridized carbons (Fsp3) is 0.292. The summed E-state index contributed by atoms with van der Waals surface area (Å²) in [5.41, 5.74) is 3.36. The van der Waals surface area contributed by atoms with Crippen molar-refractivity contribution in [2.75, 3.05) is 25.6 Å². The Labute approximate surface area is 186 Å². The largest absolute Gasteiger partial charge is 0.496 e. The molecule has 1 aromatic heterocycles. The van der Waals surface area contributed by atoms with E-state index in [1.54, 1.807) is 37.6 Å². The summed E-state index contributed by atoms with van der Waals surface area (Å²) in [5, 5.41) is 22.2. The van der Waals surface area contributed by atoms with Crippen molar-refractivity contribution >= 4 is 11.6 Å². The van der Waals surface area contributed by atoms with E-state index in [4.69, 9.17) is 14.2 Å². The van der Waals surface area contributed by atoms with Gasteiger partial charge in [0.15, 0.2) is 0 Å². The first-order valence-corrected chi connectivity index (χ1v) is 10.4. The number of anilines is 2. The van der Waals surface area contributed by atoms with Gasteiger partial charge in [-0.15, -0.1) is 0 Å². The number of aliphatic hydroxyl groups is 1. The summed E-state index contributed by atoms with van der Waals surface area (Å²) in [4.78, 5) is 8.86. The maximum atomic E-state index is 9.63. The van der Waals surface area contributed by atoms with Gasteiger partial charge in [-0.2, -0.15) is 5.26 Å². The van der Waals surface area contributed by atoms with Crippen LogP contribution in [0.3, 0.4) is 0 Å². The van der Waals surface area contributed by atoms with Crippen LogP contribution in [0.5, 0.6) is 11.5 Å². The summed E-state index contributed by atoms with van der Waals surface area (Å²) >= 11 is 0. The molecule has 32 heavy (non-hydrogen) atoms. The molecular formula is C24H24N4O4. The smallest absolute Gasteiger partial charge is 0.227 e. The molecule has 2 heterocycles. The molecule has 0 aliphatic carbocycles. The Balaban J connectivity index is 1.54. The summed E-state index contributed by atoms with van der Waals surface area (Å²) in [7, 11) is 1.55. The molecule has 2 N–H and O–H groups in total. The average Bonchev–Trinajstić information content (AvgIpc) is 2.85. The van der Waals surface area contributed by atoms with Crippen LogP contribution < -0.4 is 14.8 Å². The van der Waals surface area contributed by atoms with Gasteiger partial charge in [0.05, 0.1) is 38.2 Å². The lowest BCUT2D eigenvalue weighted by Crippen LogP contribution is -2.26. The van der Waals surface area contributed by atoms with E-state index in [0.29, 0.717) is 47.5 Å². The number of rotatable bonds is 7. The molecule has 0 radical (unpaired) electrons. The van der Waals surface area contributed by atoms with Crippen molar-refractivity contribution in [2.24, 2.45) is 0 Å². The number of benzene rings is 2. The highest BCUT2D eigenvalue weighted by Crippen LogP contribution is 2.29. The fourth-order valence-corrected chi connectivity index (χ4v) is 3.51. The number of ether oxygens (including phenoxy) is 3. The molecule has 0 bridgehead atoms. The van der Waals surface area contributed by atoms with Crippen molar-refractivity contribution in [3.8, 4) is 28.8 Å². The van der Waals surface area contributed by atoms with Crippen LogP contribution in [0.4, 0.5) is 11.6 Å². The lowest BCUT2D eigenvalue weighted by molar-refractivity contribution is 0.0254. The molecule has 8 heteroatoms. The zero-order valence-electron chi connectivity index (χ0n) is 17.7. The molecule has 0 saturated carbocycles. The van der Waals surface area contributed by atoms with Gasteiger partial charge in [0.2, 0.25) is 5.95 Å². The third-order valence-corrected chi connectivity index (χ3v) is 5.23. The summed E-state index contributed by atoms with van der Waals surface area (Å²) in [6.07, 6.45) is 3.35. The minimum atomic E-state index is -0.106. The quantitative estimate of drug-likeness (QED) is 0.580. The van der Waals surface area contributed by atoms with Crippen LogP contribution in [0.25, 0.3) is 11.3 Å². The summed E-state index contributed by atoms with van der Waals surface area (Å²) in [5.74, 6) is 1.56. The zero-order valence-corrected chi connectivity index (χ0v) is 17.7. The van der Waals surface area contributed by atoms with Crippen LogP contribution in [0.1, 0.15) is 24.0 Å². The van der Waals surface area contributed by atoms with E-state index in [1.165, 1.54) is 0 Å². The van der Waals surface area contributed by atoms with E-state index in [1.807, 2.05) is 18.2 Å². The van der Waals surface area contributed by atoms with E-state index in [0.717, 1.165) is 24.1 Å². The summed E-state index contributed by atoms with van der Waals surface area (Å²) in [6, 6.07) is 14.9. The van der Waals surface area contributed by atoms with Gasteiger partial charge >= 0.3 is 0 Å². The van der Waals surface area contributed by atoms with Gasteiger partial charge in [-0.05, 0) is 30.3 Å². The average molecular weight is 432 g/mol. The second-order valence-electron chi connectivity index (χ2n) is 7.33. The van der Waals surface area contributed by atoms with Crippen LogP contribution in [-0.2, 0) is 11.3 Å². The van der Waals surface area contributed by atoms with Crippen LogP contribution in [-0.4, -0.2) is 41.5 Å². The molecule has 0 atom stereocenters. The van der Waals surface area contributed by atoms with Crippen molar-refractivity contribution in [1.29, 1.82) is 5.26 Å². The molecule has 8 nitrogen and oxygen atoms in total. The number of hydrogen-bond acceptors (Lipinski definition) is 8. The molecule has 3 aromatic rings. The first-order valence-electron chi connectivity index (χ1n) is 10.4. The number of nitrogens with one attached hydrogen (secondary N) is 1. The number of aliphatic hydroxyl groups excluding tert-OH is 1. The molecule has 0 spiro atoms. The van der Waals surface area contributed by atoms with Gasteiger partial charge in [0.1, 0.15) is 23.7 Å². The van der Waals surface area contributed by atoms with Crippen LogP contribution in [0, 0.1) is 11.3 Å². The number of hydrogen-bond donors (Lipinski definition) is 2. The van der Waals surface area contributed by atoms with Crippen LogP contribution >= 0.6 is 0 Å². The Morgan fingerprint density at radius 1 is 1.16 bits per heavy atom. The number of nitrogens with zero attached hydrogens (tertiary/aromatic N) is 3. The Bertz CT molecular complexity index is 1120. The maximum absolute atomic E-state index is 9.63. The lowest BCUT2D eigenvalue weighted by atomic mass is 10.1. The number of methoxy groups -OCH3 is 1. The van der Waals surface area contributed by atoms with Gasteiger partial charge in [-0.1, -0.05) is 6.07 Å². The van der Waals surface area contributed by atoms with E-state index in [9.17, 15) is 10.4 Å². The molecule has 1 saturated heterocycles. The lowest BCUT2D eigenvalue weighted by Gasteiger charge is -2.23. The van der Waals surface area contributed by atoms with Gasteiger partial charge in [-0.3, -0.25) is 0 Å². The molecule has 1 aliphatic heterocycles. The molecule has 1 aliphatic rings. The predicted molar refractivity (Wildman–Crippen MR) is 119 cm³/mol. The Kier molecular flexibility index (Phi) is 6.80.